The van der Waals surface area contributed by atoms with Crippen molar-refractivity contribution in [3.63, 3.8) is 0 Å². The fourth-order valence-electron chi connectivity index (χ4n) is 8.04. The van der Waals surface area contributed by atoms with Gasteiger partial charge in [0.25, 0.3) is 0 Å². The molecule has 10 aromatic rings. The van der Waals surface area contributed by atoms with E-state index in [1.165, 1.54) is 60.4 Å². The minimum Gasteiger partial charge on any atom is -0.310 e. The first-order valence-corrected chi connectivity index (χ1v) is 18.5. The standard InChI is InChI=1S/C52H36N2/c1-4-16-39(17-5-1)46-23-12-13-25-49(46)53(44-31-29-38(30-32-44)42-28-27-37-15-10-11-20-41(37)35-42)45-33-34-48-51(36-45)54(43-21-8-3-9-22-43)50-26-14-24-47(52(48)50)40-18-6-2-7-19-40/h1-36H. The molecule has 1 heterocycles. The zero-order chi connectivity index (χ0) is 35.8. The maximum absolute atomic E-state index is 2.42. The van der Waals surface area contributed by atoms with E-state index in [1.54, 1.807) is 0 Å². The van der Waals surface area contributed by atoms with Crippen LogP contribution in [0.25, 0.3) is 71.6 Å². The normalized spacial score (nSPS) is 11.3. The van der Waals surface area contributed by atoms with Gasteiger partial charge < -0.3 is 9.47 Å². The van der Waals surface area contributed by atoms with E-state index < -0.39 is 0 Å². The van der Waals surface area contributed by atoms with Crippen molar-refractivity contribution < 1.29 is 0 Å². The van der Waals surface area contributed by atoms with Crippen LogP contribution in [0.5, 0.6) is 0 Å². The number of para-hydroxylation sites is 2. The van der Waals surface area contributed by atoms with Crippen molar-refractivity contribution in [2.24, 2.45) is 0 Å². The molecule has 0 unspecified atom stereocenters. The van der Waals surface area contributed by atoms with E-state index in [9.17, 15) is 0 Å². The average molecular weight is 689 g/mol. The largest absolute Gasteiger partial charge is 0.310 e. The molecule has 1 aromatic heterocycles. The monoisotopic (exact) mass is 688 g/mol. The maximum Gasteiger partial charge on any atom is 0.0562 e. The molecule has 0 saturated heterocycles. The van der Waals surface area contributed by atoms with Gasteiger partial charge in [0.2, 0.25) is 0 Å². The highest BCUT2D eigenvalue weighted by molar-refractivity contribution is 6.16. The Kier molecular flexibility index (Phi) is 7.85. The Bertz CT molecular complexity index is 2910. The lowest BCUT2D eigenvalue weighted by atomic mass is 9.98. The molecule has 0 N–H and O–H groups in total. The van der Waals surface area contributed by atoms with Gasteiger partial charge in [-0.2, -0.15) is 0 Å². The summed E-state index contributed by atoms with van der Waals surface area (Å²) in [6.07, 6.45) is 0. The van der Waals surface area contributed by atoms with Crippen LogP contribution in [0.1, 0.15) is 0 Å². The lowest BCUT2D eigenvalue weighted by Gasteiger charge is -2.28. The van der Waals surface area contributed by atoms with E-state index in [-0.39, 0.29) is 0 Å². The van der Waals surface area contributed by atoms with Gasteiger partial charge in [-0.15, -0.1) is 0 Å². The molecule has 0 aliphatic carbocycles. The number of anilines is 3. The van der Waals surface area contributed by atoms with E-state index >= 15 is 0 Å². The van der Waals surface area contributed by atoms with Crippen molar-refractivity contribution >= 4 is 49.6 Å². The third-order valence-electron chi connectivity index (χ3n) is 10.6. The minimum absolute atomic E-state index is 1.09. The van der Waals surface area contributed by atoms with E-state index in [2.05, 4.69) is 228 Å². The van der Waals surface area contributed by atoms with Crippen LogP contribution in [-0.4, -0.2) is 4.57 Å². The summed E-state index contributed by atoms with van der Waals surface area (Å²) in [4.78, 5) is 2.41. The first-order valence-electron chi connectivity index (χ1n) is 18.5. The van der Waals surface area contributed by atoms with Crippen LogP contribution in [-0.2, 0) is 0 Å². The lowest BCUT2D eigenvalue weighted by Crippen LogP contribution is -2.11. The second kappa shape index (κ2) is 13.4. The van der Waals surface area contributed by atoms with Gasteiger partial charge in [-0.25, -0.2) is 0 Å². The maximum atomic E-state index is 2.42. The Morgan fingerprint density at radius 1 is 0.333 bits per heavy atom. The molecule has 9 aromatic carbocycles. The first-order chi connectivity index (χ1) is 26.8. The fraction of sp³-hybridized carbons (Fsp3) is 0. The summed E-state index contributed by atoms with van der Waals surface area (Å²) in [6, 6.07) is 78.9. The highest BCUT2D eigenvalue weighted by atomic mass is 15.1. The van der Waals surface area contributed by atoms with Gasteiger partial charge in [0.1, 0.15) is 0 Å². The molecule has 0 fully saturated rings. The summed E-state index contributed by atoms with van der Waals surface area (Å²) in [5, 5.41) is 4.97. The average Bonchev–Trinajstić information content (AvgIpc) is 3.59. The van der Waals surface area contributed by atoms with E-state index in [4.69, 9.17) is 0 Å². The van der Waals surface area contributed by atoms with Crippen molar-refractivity contribution in [1.29, 1.82) is 0 Å². The second-order valence-corrected chi connectivity index (χ2v) is 13.8. The van der Waals surface area contributed by atoms with Crippen LogP contribution in [0.2, 0.25) is 0 Å². The highest BCUT2D eigenvalue weighted by Gasteiger charge is 2.21. The smallest absolute Gasteiger partial charge is 0.0562 e. The van der Waals surface area contributed by atoms with Gasteiger partial charge >= 0.3 is 0 Å². The summed E-state index contributed by atoms with van der Waals surface area (Å²) in [5.74, 6) is 0. The number of nitrogens with zero attached hydrogens (tertiary/aromatic N) is 2. The number of benzene rings is 9. The van der Waals surface area contributed by atoms with E-state index in [0.29, 0.717) is 0 Å². The van der Waals surface area contributed by atoms with Crippen molar-refractivity contribution in [2.45, 2.75) is 0 Å². The SMILES string of the molecule is c1ccc(-c2ccccc2N(c2ccc(-c3ccc4ccccc4c3)cc2)c2ccc3c4c(-c5ccccc5)cccc4n(-c4ccccc4)c3c2)cc1. The van der Waals surface area contributed by atoms with Gasteiger partial charge in [0, 0.05) is 33.4 Å². The van der Waals surface area contributed by atoms with Gasteiger partial charge in [-0.05, 0) is 93.2 Å². The molecule has 0 spiro atoms. The number of hydrogen-bond acceptors (Lipinski definition) is 1. The van der Waals surface area contributed by atoms with Crippen LogP contribution in [0.15, 0.2) is 218 Å². The van der Waals surface area contributed by atoms with E-state index in [0.717, 1.165) is 28.3 Å². The molecule has 0 amide bonds. The van der Waals surface area contributed by atoms with Crippen molar-refractivity contribution in [3.05, 3.63) is 218 Å². The Hall–Kier alpha value is -7.16. The third-order valence-corrected chi connectivity index (χ3v) is 10.6. The fourth-order valence-corrected chi connectivity index (χ4v) is 8.04. The minimum atomic E-state index is 1.09. The zero-order valence-electron chi connectivity index (χ0n) is 29.7. The summed E-state index contributed by atoms with van der Waals surface area (Å²) in [5.41, 5.74) is 14.0. The van der Waals surface area contributed by atoms with Crippen molar-refractivity contribution in [1.82, 2.24) is 4.57 Å². The molecule has 0 aliphatic rings. The molecule has 0 saturated carbocycles. The molecule has 254 valence electrons. The molecular formula is C52H36N2. The van der Waals surface area contributed by atoms with Crippen LogP contribution in [0, 0.1) is 0 Å². The Labute approximate surface area is 315 Å². The van der Waals surface area contributed by atoms with Crippen molar-refractivity contribution in [2.75, 3.05) is 4.90 Å². The molecule has 2 nitrogen and oxygen atoms in total. The Morgan fingerprint density at radius 2 is 0.926 bits per heavy atom. The molecule has 0 bridgehead atoms. The van der Waals surface area contributed by atoms with Crippen molar-refractivity contribution in [3.8, 4) is 39.1 Å². The number of hydrogen-bond donors (Lipinski definition) is 0. The Morgan fingerprint density at radius 3 is 1.69 bits per heavy atom. The van der Waals surface area contributed by atoms with E-state index in [1.807, 2.05) is 0 Å². The molecule has 54 heavy (non-hydrogen) atoms. The predicted molar refractivity (Wildman–Crippen MR) is 229 cm³/mol. The molecule has 2 heteroatoms. The summed E-state index contributed by atoms with van der Waals surface area (Å²) >= 11 is 0. The van der Waals surface area contributed by atoms with Gasteiger partial charge in [-0.1, -0.05) is 164 Å². The zero-order valence-corrected chi connectivity index (χ0v) is 29.7. The van der Waals surface area contributed by atoms with Crippen LogP contribution < -0.4 is 4.90 Å². The molecular weight excluding hydrogens is 653 g/mol. The lowest BCUT2D eigenvalue weighted by molar-refractivity contribution is 1.18. The molecule has 0 radical (unpaired) electrons. The number of fused-ring (bicyclic) bond motifs is 4. The van der Waals surface area contributed by atoms with Crippen LogP contribution in [0.4, 0.5) is 17.1 Å². The summed E-state index contributed by atoms with van der Waals surface area (Å²) < 4.78 is 2.42. The number of rotatable bonds is 7. The molecule has 10 rings (SSSR count). The van der Waals surface area contributed by atoms with Gasteiger partial charge in [-0.3, -0.25) is 0 Å². The summed E-state index contributed by atoms with van der Waals surface area (Å²) in [7, 11) is 0. The molecule has 0 atom stereocenters. The Balaban J connectivity index is 1.20. The quantitative estimate of drug-likeness (QED) is 0.162. The van der Waals surface area contributed by atoms with Gasteiger partial charge in [0.05, 0.1) is 16.7 Å². The topological polar surface area (TPSA) is 8.17 Å². The second-order valence-electron chi connectivity index (χ2n) is 13.8. The summed E-state index contributed by atoms with van der Waals surface area (Å²) in [6.45, 7) is 0. The van der Waals surface area contributed by atoms with Crippen LogP contribution >= 0.6 is 0 Å². The molecule has 0 aliphatic heterocycles. The first kappa shape index (κ1) is 31.6. The predicted octanol–water partition coefficient (Wildman–Crippen LogP) is 14.4. The van der Waals surface area contributed by atoms with Gasteiger partial charge in [0.15, 0.2) is 0 Å². The highest BCUT2D eigenvalue weighted by Crippen LogP contribution is 2.45. The van der Waals surface area contributed by atoms with Crippen LogP contribution in [0.3, 0.4) is 0 Å². The third kappa shape index (κ3) is 5.53. The number of aromatic nitrogens is 1.